The molecule has 136 valence electrons. The fourth-order valence-corrected chi connectivity index (χ4v) is 4.06. The Morgan fingerprint density at radius 2 is 2.08 bits per heavy atom. The minimum absolute atomic E-state index is 0.200. The number of aromatic nitrogens is 1. The summed E-state index contributed by atoms with van der Waals surface area (Å²) in [4.78, 5) is 26.1. The number of benzene rings is 1. The van der Waals surface area contributed by atoms with Gasteiger partial charge in [0.2, 0.25) is 5.91 Å². The van der Waals surface area contributed by atoms with Crippen LogP contribution in [0, 0.1) is 6.92 Å². The van der Waals surface area contributed by atoms with E-state index in [1.807, 2.05) is 31.4 Å². The van der Waals surface area contributed by atoms with Crippen LogP contribution in [0.4, 0.5) is 5.69 Å². The van der Waals surface area contributed by atoms with Crippen molar-refractivity contribution in [1.29, 1.82) is 0 Å². The van der Waals surface area contributed by atoms with Crippen LogP contribution in [-0.4, -0.2) is 23.6 Å². The van der Waals surface area contributed by atoms with Gasteiger partial charge in [0, 0.05) is 16.1 Å². The number of anilines is 1. The molecule has 0 spiro atoms. The smallest absolute Gasteiger partial charge is 0.354 e. The van der Waals surface area contributed by atoms with Crippen LogP contribution in [0.15, 0.2) is 35.7 Å². The second kappa shape index (κ2) is 7.51. The summed E-state index contributed by atoms with van der Waals surface area (Å²) in [7, 11) is 1.34. The number of ether oxygens (including phenoxy) is 1. The molecule has 0 radical (unpaired) electrons. The van der Waals surface area contributed by atoms with E-state index >= 15 is 0 Å². The van der Waals surface area contributed by atoms with Gasteiger partial charge in [-0.3, -0.25) is 4.79 Å². The fourth-order valence-electron chi connectivity index (χ4n) is 2.94. The predicted octanol–water partition coefficient (Wildman–Crippen LogP) is 5.04. The molecule has 1 amide bonds. The van der Waals surface area contributed by atoms with E-state index in [1.54, 1.807) is 22.8 Å². The van der Waals surface area contributed by atoms with Crippen LogP contribution in [0.3, 0.4) is 0 Å². The van der Waals surface area contributed by atoms with Crippen molar-refractivity contribution in [2.75, 3.05) is 12.4 Å². The number of carbonyl (C=O) groups excluding carboxylic acids is 2. The minimum Gasteiger partial charge on any atom is -0.464 e. The summed E-state index contributed by atoms with van der Waals surface area (Å²) in [5.74, 6) is -0.660. The van der Waals surface area contributed by atoms with Gasteiger partial charge in [0.05, 0.1) is 7.11 Å². The van der Waals surface area contributed by atoms with Crippen LogP contribution >= 0.6 is 22.9 Å². The molecule has 0 saturated carbocycles. The Morgan fingerprint density at radius 3 is 2.77 bits per heavy atom. The Bertz CT molecular complexity index is 976. The van der Waals surface area contributed by atoms with Crippen LogP contribution in [-0.2, 0) is 9.53 Å². The van der Waals surface area contributed by atoms with Gasteiger partial charge in [-0.15, -0.1) is 11.3 Å². The van der Waals surface area contributed by atoms with Gasteiger partial charge in [0.15, 0.2) is 0 Å². The summed E-state index contributed by atoms with van der Waals surface area (Å²) >= 11 is 7.54. The van der Waals surface area contributed by atoms with E-state index in [-0.39, 0.29) is 5.91 Å². The zero-order valence-corrected chi connectivity index (χ0v) is 16.3. The Kier molecular flexibility index (Phi) is 5.34. The van der Waals surface area contributed by atoms with E-state index in [0.717, 1.165) is 15.8 Å². The van der Waals surface area contributed by atoms with E-state index in [1.165, 1.54) is 18.4 Å². The van der Waals surface area contributed by atoms with Gasteiger partial charge >= 0.3 is 5.97 Å². The molecule has 0 aliphatic rings. The second-order valence-corrected chi connectivity index (χ2v) is 7.28. The van der Waals surface area contributed by atoms with Gasteiger partial charge in [-0.1, -0.05) is 24.6 Å². The predicted molar refractivity (Wildman–Crippen MR) is 105 cm³/mol. The molecule has 1 N–H and O–H groups in total. The zero-order valence-electron chi connectivity index (χ0n) is 14.7. The van der Waals surface area contributed by atoms with Gasteiger partial charge in [-0.2, -0.15) is 0 Å². The quantitative estimate of drug-likeness (QED) is 0.621. The zero-order chi connectivity index (χ0) is 18.8. The lowest BCUT2D eigenvalue weighted by Crippen LogP contribution is -2.28. The molecule has 0 bridgehead atoms. The number of hydrogen-bond donors (Lipinski definition) is 1. The Morgan fingerprint density at radius 1 is 1.31 bits per heavy atom. The van der Waals surface area contributed by atoms with E-state index in [2.05, 4.69) is 5.32 Å². The maximum absolute atomic E-state index is 13.0. The van der Waals surface area contributed by atoms with E-state index in [9.17, 15) is 9.59 Å². The number of methoxy groups -OCH3 is 1. The normalized spacial score (nSPS) is 12.2. The molecule has 0 saturated heterocycles. The average Bonchev–Trinajstić information content (AvgIpc) is 3.20. The summed E-state index contributed by atoms with van der Waals surface area (Å²) in [6, 6.07) is 8.50. The van der Waals surface area contributed by atoms with Gasteiger partial charge in [-0.05, 0) is 48.6 Å². The number of esters is 1. The molecular weight excluding hydrogens is 372 g/mol. The maximum Gasteiger partial charge on any atom is 0.354 e. The van der Waals surface area contributed by atoms with Crippen molar-refractivity contribution in [3.8, 4) is 0 Å². The Labute approximate surface area is 160 Å². The minimum atomic E-state index is -0.543. The van der Waals surface area contributed by atoms with Gasteiger partial charge in [-0.25, -0.2) is 4.79 Å². The molecule has 0 aliphatic heterocycles. The van der Waals surface area contributed by atoms with Crippen LogP contribution in [0.25, 0.3) is 10.2 Å². The van der Waals surface area contributed by atoms with Crippen molar-refractivity contribution in [2.24, 2.45) is 0 Å². The lowest BCUT2D eigenvalue weighted by molar-refractivity contribution is -0.119. The molecule has 3 aromatic rings. The molecule has 2 heterocycles. The second-order valence-electron chi connectivity index (χ2n) is 5.94. The van der Waals surface area contributed by atoms with Crippen LogP contribution in [0.5, 0.6) is 0 Å². The molecule has 26 heavy (non-hydrogen) atoms. The first-order chi connectivity index (χ1) is 12.5. The highest BCUT2D eigenvalue weighted by Gasteiger charge is 2.27. The standard InChI is InChI=1S/C19H19ClN2O3S/c1-4-15(17(23)21-14-10-13(20)6-5-11(14)2)22-16(19(24)25-3)9-12-7-8-26-18(12)22/h5-10,15H,4H2,1-3H3,(H,21,23)/t15-/m1/s1. The number of rotatable bonds is 5. The number of thiophene rings is 1. The third kappa shape index (κ3) is 3.34. The number of hydrogen-bond acceptors (Lipinski definition) is 4. The SMILES string of the molecule is CC[C@H](C(=O)Nc1cc(Cl)ccc1C)n1c(C(=O)OC)cc2ccsc21. The summed E-state index contributed by atoms with van der Waals surface area (Å²) in [6.45, 7) is 3.81. The first kappa shape index (κ1) is 18.5. The molecule has 1 aromatic carbocycles. The summed E-state index contributed by atoms with van der Waals surface area (Å²) in [5, 5.41) is 6.35. The number of fused-ring (bicyclic) bond motifs is 1. The number of halogens is 1. The van der Waals surface area contributed by atoms with Crippen LogP contribution in [0.2, 0.25) is 5.02 Å². The molecule has 7 heteroatoms. The van der Waals surface area contributed by atoms with E-state index in [4.69, 9.17) is 16.3 Å². The van der Waals surface area contributed by atoms with Crippen molar-refractivity contribution < 1.29 is 14.3 Å². The van der Waals surface area contributed by atoms with Crippen LogP contribution in [0.1, 0.15) is 35.4 Å². The van der Waals surface area contributed by atoms with Crippen LogP contribution < -0.4 is 5.32 Å². The highest BCUT2D eigenvalue weighted by atomic mass is 35.5. The van der Waals surface area contributed by atoms with Crippen molar-refractivity contribution >= 4 is 50.7 Å². The van der Waals surface area contributed by atoms with Gasteiger partial charge < -0.3 is 14.6 Å². The molecule has 0 aliphatic carbocycles. The average molecular weight is 391 g/mol. The summed E-state index contributed by atoms with van der Waals surface area (Å²) in [5.41, 5.74) is 1.95. The van der Waals surface area contributed by atoms with E-state index in [0.29, 0.717) is 22.8 Å². The number of amides is 1. The lowest BCUT2D eigenvalue weighted by atomic mass is 10.1. The maximum atomic E-state index is 13.0. The number of nitrogens with one attached hydrogen (secondary N) is 1. The number of aryl methyl sites for hydroxylation is 1. The topological polar surface area (TPSA) is 60.3 Å². The third-order valence-corrected chi connectivity index (χ3v) is 5.46. The molecule has 0 fully saturated rings. The monoisotopic (exact) mass is 390 g/mol. The first-order valence-electron chi connectivity index (χ1n) is 8.20. The Hall–Kier alpha value is -2.31. The third-order valence-electron chi connectivity index (χ3n) is 4.30. The number of carbonyl (C=O) groups is 2. The molecule has 2 aromatic heterocycles. The molecular formula is C19H19ClN2O3S. The van der Waals surface area contributed by atoms with E-state index < -0.39 is 12.0 Å². The molecule has 0 unspecified atom stereocenters. The first-order valence-corrected chi connectivity index (χ1v) is 9.45. The van der Waals surface area contributed by atoms with Crippen molar-refractivity contribution in [2.45, 2.75) is 26.3 Å². The largest absolute Gasteiger partial charge is 0.464 e. The molecule has 1 atom stereocenters. The lowest BCUT2D eigenvalue weighted by Gasteiger charge is -2.20. The highest BCUT2D eigenvalue weighted by molar-refractivity contribution is 7.16. The fraction of sp³-hybridized carbons (Fsp3) is 0.263. The molecule has 3 rings (SSSR count). The van der Waals surface area contributed by atoms with Crippen molar-refractivity contribution in [3.05, 3.63) is 52.0 Å². The van der Waals surface area contributed by atoms with Crippen molar-refractivity contribution in [3.63, 3.8) is 0 Å². The highest BCUT2D eigenvalue weighted by Crippen LogP contribution is 2.31. The van der Waals surface area contributed by atoms with Gasteiger partial charge in [0.1, 0.15) is 16.6 Å². The van der Waals surface area contributed by atoms with Crippen molar-refractivity contribution in [1.82, 2.24) is 4.57 Å². The molecule has 5 nitrogen and oxygen atoms in total. The summed E-state index contributed by atoms with van der Waals surface area (Å²) < 4.78 is 6.66. The Balaban J connectivity index is 2.02. The number of nitrogens with zero attached hydrogens (tertiary/aromatic N) is 1. The van der Waals surface area contributed by atoms with Gasteiger partial charge in [0.25, 0.3) is 0 Å². The summed E-state index contributed by atoms with van der Waals surface area (Å²) in [6.07, 6.45) is 0.525.